The van der Waals surface area contributed by atoms with Crippen molar-refractivity contribution in [2.24, 2.45) is 11.8 Å². The van der Waals surface area contributed by atoms with Crippen LogP contribution in [0.3, 0.4) is 0 Å². The topological polar surface area (TPSA) is 38.3 Å². The molecule has 0 spiro atoms. The first-order valence-electron chi connectivity index (χ1n) is 6.15. The number of ether oxygens (including phenoxy) is 1. The van der Waals surface area contributed by atoms with Crippen LogP contribution in [0.25, 0.3) is 0 Å². The second kappa shape index (κ2) is 5.21. The zero-order valence-electron chi connectivity index (χ0n) is 10.3. The molecule has 1 aromatic carbocycles. The van der Waals surface area contributed by atoms with Gasteiger partial charge in [0.15, 0.2) is 0 Å². The quantitative estimate of drug-likeness (QED) is 0.847. The highest BCUT2D eigenvalue weighted by atomic mass is 16.5. The maximum Gasteiger partial charge on any atom is 0.223 e. The van der Waals surface area contributed by atoms with Crippen LogP contribution in [0.2, 0.25) is 0 Å². The van der Waals surface area contributed by atoms with Crippen LogP contribution < -0.4 is 10.1 Å². The van der Waals surface area contributed by atoms with Gasteiger partial charge in [-0.25, -0.2) is 0 Å². The molecule has 0 aliphatic heterocycles. The zero-order chi connectivity index (χ0) is 12.3. The molecule has 92 valence electrons. The van der Waals surface area contributed by atoms with Crippen molar-refractivity contribution in [3.8, 4) is 5.75 Å². The molecular weight excluding hydrogens is 214 g/mol. The molecule has 1 amide bonds. The van der Waals surface area contributed by atoms with Gasteiger partial charge in [0.1, 0.15) is 5.75 Å². The molecule has 1 N–H and O–H groups in total. The maximum atomic E-state index is 11.7. The Morgan fingerprint density at radius 2 is 2.12 bits per heavy atom. The molecule has 0 heterocycles. The fraction of sp³-hybridized carbons (Fsp3) is 0.500. The summed E-state index contributed by atoms with van der Waals surface area (Å²) in [7, 11) is 0. The SMILES string of the molecule is CC(C)NC(=O)C1CC1COc1ccccc1. The van der Waals surface area contributed by atoms with E-state index in [9.17, 15) is 4.79 Å². The van der Waals surface area contributed by atoms with Crippen LogP contribution in [-0.2, 0) is 4.79 Å². The summed E-state index contributed by atoms with van der Waals surface area (Å²) in [6.45, 7) is 4.60. The van der Waals surface area contributed by atoms with E-state index in [0.29, 0.717) is 12.5 Å². The van der Waals surface area contributed by atoms with E-state index in [1.807, 2.05) is 44.2 Å². The fourth-order valence-corrected chi connectivity index (χ4v) is 1.86. The lowest BCUT2D eigenvalue weighted by Crippen LogP contribution is -2.32. The number of rotatable bonds is 5. The first-order valence-corrected chi connectivity index (χ1v) is 6.15. The van der Waals surface area contributed by atoms with Gasteiger partial charge in [-0.05, 0) is 32.4 Å². The molecule has 3 heteroatoms. The number of nitrogens with one attached hydrogen (secondary N) is 1. The van der Waals surface area contributed by atoms with Gasteiger partial charge in [0, 0.05) is 17.9 Å². The summed E-state index contributed by atoms with van der Waals surface area (Å²) in [6, 6.07) is 9.95. The molecule has 0 bridgehead atoms. The molecule has 1 saturated carbocycles. The van der Waals surface area contributed by atoms with E-state index in [0.717, 1.165) is 12.2 Å². The van der Waals surface area contributed by atoms with Gasteiger partial charge in [-0.1, -0.05) is 18.2 Å². The first kappa shape index (κ1) is 12.0. The number of amides is 1. The second-order valence-electron chi connectivity index (χ2n) is 4.89. The van der Waals surface area contributed by atoms with Crippen LogP contribution in [-0.4, -0.2) is 18.6 Å². The standard InChI is InChI=1S/C14H19NO2/c1-10(2)15-14(16)13-8-11(13)9-17-12-6-4-3-5-7-12/h3-7,10-11,13H,8-9H2,1-2H3,(H,15,16). The molecule has 0 aromatic heterocycles. The molecule has 0 saturated heterocycles. The predicted molar refractivity (Wildman–Crippen MR) is 66.8 cm³/mol. The van der Waals surface area contributed by atoms with Gasteiger partial charge in [0.2, 0.25) is 5.91 Å². The third-order valence-corrected chi connectivity index (χ3v) is 2.90. The van der Waals surface area contributed by atoms with E-state index < -0.39 is 0 Å². The summed E-state index contributed by atoms with van der Waals surface area (Å²) in [6.07, 6.45) is 0.950. The molecule has 1 aliphatic rings. The summed E-state index contributed by atoms with van der Waals surface area (Å²) >= 11 is 0. The van der Waals surface area contributed by atoms with Crippen molar-refractivity contribution in [2.75, 3.05) is 6.61 Å². The Morgan fingerprint density at radius 3 is 2.76 bits per heavy atom. The molecule has 2 atom stereocenters. The van der Waals surface area contributed by atoms with E-state index in [2.05, 4.69) is 5.32 Å². The molecule has 0 radical (unpaired) electrons. The number of benzene rings is 1. The van der Waals surface area contributed by atoms with Crippen LogP contribution in [0.5, 0.6) is 5.75 Å². The molecule has 1 aliphatic carbocycles. The van der Waals surface area contributed by atoms with Gasteiger partial charge in [-0.2, -0.15) is 0 Å². The van der Waals surface area contributed by atoms with Crippen molar-refractivity contribution >= 4 is 5.91 Å². The van der Waals surface area contributed by atoms with Gasteiger partial charge in [0.05, 0.1) is 6.61 Å². The maximum absolute atomic E-state index is 11.7. The Kier molecular flexibility index (Phi) is 3.67. The monoisotopic (exact) mass is 233 g/mol. The Morgan fingerprint density at radius 1 is 1.41 bits per heavy atom. The minimum absolute atomic E-state index is 0.154. The van der Waals surface area contributed by atoms with Crippen LogP contribution in [0.4, 0.5) is 0 Å². The van der Waals surface area contributed by atoms with Crippen molar-refractivity contribution in [1.29, 1.82) is 0 Å². The van der Waals surface area contributed by atoms with Gasteiger partial charge in [-0.3, -0.25) is 4.79 Å². The Labute approximate surface area is 102 Å². The highest BCUT2D eigenvalue weighted by Crippen LogP contribution is 2.38. The lowest BCUT2D eigenvalue weighted by atomic mass is 10.3. The molecule has 1 fully saturated rings. The number of para-hydroxylation sites is 1. The summed E-state index contributed by atoms with van der Waals surface area (Å²) in [5.74, 6) is 1.58. The number of hydrogen-bond acceptors (Lipinski definition) is 2. The third-order valence-electron chi connectivity index (χ3n) is 2.90. The summed E-state index contributed by atoms with van der Waals surface area (Å²) in [5.41, 5.74) is 0. The Bertz CT molecular complexity index is 375. The predicted octanol–water partition coefficient (Wildman–Crippen LogP) is 2.23. The molecule has 17 heavy (non-hydrogen) atoms. The highest BCUT2D eigenvalue weighted by molar-refractivity contribution is 5.81. The second-order valence-corrected chi connectivity index (χ2v) is 4.89. The lowest BCUT2D eigenvalue weighted by molar-refractivity contribution is -0.123. The fourth-order valence-electron chi connectivity index (χ4n) is 1.86. The summed E-state index contributed by atoms with van der Waals surface area (Å²) in [4.78, 5) is 11.7. The number of hydrogen-bond donors (Lipinski definition) is 1. The largest absolute Gasteiger partial charge is 0.493 e. The van der Waals surface area contributed by atoms with Gasteiger partial charge >= 0.3 is 0 Å². The number of carbonyl (C=O) groups is 1. The van der Waals surface area contributed by atoms with E-state index in [-0.39, 0.29) is 17.9 Å². The van der Waals surface area contributed by atoms with E-state index in [1.54, 1.807) is 0 Å². The minimum atomic E-state index is 0.154. The average molecular weight is 233 g/mol. The summed E-state index contributed by atoms with van der Waals surface area (Å²) < 4.78 is 5.64. The number of carbonyl (C=O) groups excluding carboxylic acids is 1. The van der Waals surface area contributed by atoms with Crippen molar-refractivity contribution in [2.45, 2.75) is 26.3 Å². The van der Waals surface area contributed by atoms with Crippen molar-refractivity contribution in [1.82, 2.24) is 5.32 Å². The van der Waals surface area contributed by atoms with Gasteiger partial charge < -0.3 is 10.1 Å². The van der Waals surface area contributed by atoms with Crippen LogP contribution in [0.1, 0.15) is 20.3 Å². The van der Waals surface area contributed by atoms with Gasteiger partial charge in [-0.15, -0.1) is 0 Å². The average Bonchev–Trinajstić information content (AvgIpc) is 3.06. The van der Waals surface area contributed by atoms with Crippen molar-refractivity contribution < 1.29 is 9.53 Å². The minimum Gasteiger partial charge on any atom is -0.493 e. The molecule has 3 nitrogen and oxygen atoms in total. The summed E-state index contributed by atoms with van der Waals surface area (Å²) in [5, 5.41) is 2.94. The Balaban J connectivity index is 1.72. The lowest BCUT2D eigenvalue weighted by Gasteiger charge is -2.08. The van der Waals surface area contributed by atoms with Gasteiger partial charge in [0.25, 0.3) is 0 Å². The smallest absolute Gasteiger partial charge is 0.223 e. The first-order chi connectivity index (χ1) is 8.16. The van der Waals surface area contributed by atoms with E-state index in [4.69, 9.17) is 4.74 Å². The van der Waals surface area contributed by atoms with Crippen molar-refractivity contribution in [3.63, 3.8) is 0 Å². The van der Waals surface area contributed by atoms with E-state index >= 15 is 0 Å². The third kappa shape index (κ3) is 3.48. The molecular formula is C14H19NO2. The van der Waals surface area contributed by atoms with Crippen LogP contribution in [0, 0.1) is 11.8 Å². The molecule has 1 aromatic rings. The molecule has 2 unspecified atom stereocenters. The Hall–Kier alpha value is -1.51. The van der Waals surface area contributed by atoms with Crippen LogP contribution >= 0.6 is 0 Å². The van der Waals surface area contributed by atoms with Crippen LogP contribution in [0.15, 0.2) is 30.3 Å². The molecule has 2 rings (SSSR count). The zero-order valence-corrected chi connectivity index (χ0v) is 10.3. The normalized spacial score (nSPS) is 22.3. The van der Waals surface area contributed by atoms with Crippen molar-refractivity contribution in [3.05, 3.63) is 30.3 Å². The van der Waals surface area contributed by atoms with E-state index in [1.165, 1.54) is 0 Å². The highest BCUT2D eigenvalue weighted by Gasteiger charge is 2.43.